The third-order valence-electron chi connectivity index (χ3n) is 2.94. The van der Waals surface area contributed by atoms with E-state index in [2.05, 4.69) is 36.1 Å². The Bertz CT molecular complexity index is 435. The fourth-order valence-electron chi connectivity index (χ4n) is 2.13. The maximum atomic E-state index is 4.72. The zero-order valence-corrected chi connectivity index (χ0v) is 10.3. The second-order valence-corrected chi connectivity index (χ2v) is 4.71. The standard InChI is InChI=1S/C12H18N4/c1-8-5-6-10-9(12(2,3)16-8)7-14-11(13-4)15-10/h7H,5-6H2,1-4H3,(H,13,14,15). The summed E-state index contributed by atoms with van der Waals surface area (Å²) in [5, 5.41) is 2.98. The Kier molecular flexibility index (Phi) is 2.66. The van der Waals surface area contributed by atoms with Crippen LogP contribution in [0.4, 0.5) is 5.95 Å². The summed E-state index contributed by atoms with van der Waals surface area (Å²) in [6.45, 7) is 6.31. The van der Waals surface area contributed by atoms with Crippen LogP contribution in [0.3, 0.4) is 0 Å². The van der Waals surface area contributed by atoms with Gasteiger partial charge < -0.3 is 5.32 Å². The molecule has 1 aromatic heterocycles. The summed E-state index contributed by atoms with van der Waals surface area (Å²) in [5.41, 5.74) is 3.24. The second-order valence-electron chi connectivity index (χ2n) is 4.71. The van der Waals surface area contributed by atoms with Crippen molar-refractivity contribution in [3.63, 3.8) is 0 Å². The van der Waals surface area contributed by atoms with Gasteiger partial charge in [-0.25, -0.2) is 9.97 Å². The SMILES string of the molecule is CNc1ncc2c(n1)CCC(C)=NC2(C)C. The van der Waals surface area contributed by atoms with E-state index in [0.717, 1.165) is 24.1 Å². The van der Waals surface area contributed by atoms with Crippen molar-refractivity contribution in [1.29, 1.82) is 0 Å². The van der Waals surface area contributed by atoms with E-state index in [0.29, 0.717) is 5.95 Å². The molecule has 1 aliphatic rings. The van der Waals surface area contributed by atoms with Crippen LogP contribution in [0, 0.1) is 0 Å². The Morgan fingerprint density at radius 1 is 1.31 bits per heavy atom. The summed E-state index contributed by atoms with van der Waals surface area (Å²) in [5.74, 6) is 0.689. The zero-order chi connectivity index (χ0) is 11.8. The smallest absolute Gasteiger partial charge is 0.222 e. The second kappa shape index (κ2) is 3.85. The molecule has 1 N–H and O–H groups in total. The first-order chi connectivity index (χ1) is 7.53. The van der Waals surface area contributed by atoms with Gasteiger partial charge in [-0.15, -0.1) is 0 Å². The van der Waals surface area contributed by atoms with Gasteiger partial charge in [-0.3, -0.25) is 4.99 Å². The van der Waals surface area contributed by atoms with E-state index in [-0.39, 0.29) is 5.54 Å². The van der Waals surface area contributed by atoms with Gasteiger partial charge in [0, 0.05) is 24.5 Å². The number of anilines is 1. The van der Waals surface area contributed by atoms with Crippen LogP contribution in [0.2, 0.25) is 0 Å². The van der Waals surface area contributed by atoms with Crippen LogP contribution in [-0.2, 0) is 12.0 Å². The molecule has 1 aromatic rings. The Balaban J connectivity index is 2.52. The highest BCUT2D eigenvalue weighted by Crippen LogP contribution is 2.30. The highest BCUT2D eigenvalue weighted by molar-refractivity contribution is 5.83. The molecule has 0 atom stereocenters. The minimum absolute atomic E-state index is 0.206. The molecule has 0 spiro atoms. The molecule has 4 nitrogen and oxygen atoms in total. The number of aryl methyl sites for hydroxylation is 1. The minimum atomic E-state index is -0.206. The van der Waals surface area contributed by atoms with Crippen LogP contribution in [-0.4, -0.2) is 22.7 Å². The number of nitrogens with zero attached hydrogens (tertiary/aromatic N) is 3. The van der Waals surface area contributed by atoms with Crippen LogP contribution in [0.5, 0.6) is 0 Å². The first-order valence-corrected chi connectivity index (χ1v) is 5.62. The molecule has 4 heteroatoms. The number of fused-ring (bicyclic) bond motifs is 1. The molecule has 86 valence electrons. The maximum absolute atomic E-state index is 4.72. The lowest BCUT2D eigenvalue weighted by molar-refractivity contribution is 0.551. The van der Waals surface area contributed by atoms with Crippen molar-refractivity contribution >= 4 is 11.7 Å². The van der Waals surface area contributed by atoms with Crippen LogP contribution < -0.4 is 5.32 Å². The molecule has 0 aliphatic carbocycles. The number of rotatable bonds is 1. The molecule has 1 aliphatic heterocycles. The average molecular weight is 218 g/mol. The van der Waals surface area contributed by atoms with Crippen LogP contribution >= 0.6 is 0 Å². The highest BCUT2D eigenvalue weighted by Gasteiger charge is 2.26. The van der Waals surface area contributed by atoms with E-state index in [1.165, 1.54) is 5.71 Å². The Morgan fingerprint density at radius 2 is 2.06 bits per heavy atom. The van der Waals surface area contributed by atoms with Gasteiger partial charge >= 0.3 is 0 Å². The largest absolute Gasteiger partial charge is 0.357 e. The van der Waals surface area contributed by atoms with Gasteiger partial charge in [0.1, 0.15) is 0 Å². The number of hydrogen-bond donors (Lipinski definition) is 1. The molecular formula is C12H18N4. The number of aromatic nitrogens is 2. The fraction of sp³-hybridized carbons (Fsp3) is 0.583. The third-order valence-corrected chi connectivity index (χ3v) is 2.94. The van der Waals surface area contributed by atoms with Gasteiger partial charge in [0.25, 0.3) is 0 Å². The van der Waals surface area contributed by atoms with Crippen molar-refractivity contribution in [3.8, 4) is 0 Å². The van der Waals surface area contributed by atoms with Crippen LogP contribution in [0.25, 0.3) is 0 Å². The lowest BCUT2D eigenvalue weighted by Gasteiger charge is -2.21. The first-order valence-electron chi connectivity index (χ1n) is 5.62. The molecule has 0 saturated heterocycles. The molecule has 0 saturated carbocycles. The third kappa shape index (κ3) is 1.92. The van der Waals surface area contributed by atoms with Crippen molar-refractivity contribution in [2.75, 3.05) is 12.4 Å². The lowest BCUT2D eigenvalue weighted by Crippen LogP contribution is -2.17. The maximum Gasteiger partial charge on any atom is 0.222 e. The zero-order valence-electron chi connectivity index (χ0n) is 10.3. The van der Waals surface area contributed by atoms with Crippen molar-refractivity contribution < 1.29 is 0 Å². The topological polar surface area (TPSA) is 50.2 Å². The van der Waals surface area contributed by atoms with Crippen LogP contribution in [0.1, 0.15) is 38.4 Å². The highest BCUT2D eigenvalue weighted by atomic mass is 15.1. The van der Waals surface area contributed by atoms with Gasteiger partial charge in [-0.05, 0) is 33.6 Å². The quantitative estimate of drug-likeness (QED) is 0.785. The summed E-state index contributed by atoms with van der Waals surface area (Å²) in [7, 11) is 1.84. The summed E-state index contributed by atoms with van der Waals surface area (Å²) in [6, 6.07) is 0. The van der Waals surface area contributed by atoms with E-state index in [1.807, 2.05) is 13.2 Å². The molecule has 2 rings (SSSR count). The molecule has 0 bridgehead atoms. The average Bonchev–Trinajstić information content (AvgIpc) is 2.35. The molecule has 0 unspecified atom stereocenters. The monoisotopic (exact) mass is 218 g/mol. The molecule has 0 amide bonds. The number of hydrogen-bond acceptors (Lipinski definition) is 4. The molecule has 2 heterocycles. The summed E-state index contributed by atoms with van der Waals surface area (Å²) < 4.78 is 0. The molecule has 0 fully saturated rings. The summed E-state index contributed by atoms with van der Waals surface area (Å²) in [6.07, 6.45) is 3.83. The van der Waals surface area contributed by atoms with Gasteiger partial charge in [0.2, 0.25) is 5.95 Å². The molecule has 0 aromatic carbocycles. The Morgan fingerprint density at radius 3 is 2.75 bits per heavy atom. The molecule has 16 heavy (non-hydrogen) atoms. The van der Waals surface area contributed by atoms with E-state index in [1.54, 1.807) is 0 Å². The lowest BCUT2D eigenvalue weighted by atomic mass is 9.94. The Labute approximate surface area is 96.2 Å². The van der Waals surface area contributed by atoms with Gasteiger partial charge in [-0.2, -0.15) is 0 Å². The predicted octanol–water partition coefficient (Wildman–Crippen LogP) is 2.16. The Hall–Kier alpha value is -1.45. The number of aliphatic imine (C=N–C) groups is 1. The molecular weight excluding hydrogens is 200 g/mol. The van der Waals surface area contributed by atoms with E-state index in [4.69, 9.17) is 4.99 Å². The van der Waals surface area contributed by atoms with Gasteiger partial charge in [0.05, 0.1) is 11.2 Å². The van der Waals surface area contributed by atoms with Gasteiger partial charge in [0.15, 0.2) is 0 Å². The van der Waals surface area contributed by atoms with Crippen molar-refractivity contribution in [3.05, 3.63) is 17.5 Å². The van der Waals surface area contributed by atoms with Gasteiger partial charge in [-0.1, -0.05) is 0 Å². The number of nitrogens with one attached hydrogen (secondary N) is 1. The normalized spacial score (nSPS) is 18.4. The van der Waals surface area contributed by atoms with E-state index in [9.17, 15) is 0 Å². The fourth-order valence-corrected chi connectivity index (χ4v) is 2.13. The summed E-state index contributed by atoms with van der Waals surface area (Å²) in [4.78, 5) is 13.5. The van der Waals surface area contributed by atoms with E-state index < -0.39 is 0 Å². The van der Waals surface area contributed by atoms with Crippen molar-refractivity contribution in [2.45, 2.75) is 39.2 Å². The van der Waals surface area contributed by atoms with Crippen molar-refractivity contribution in [2.24, 2.45) is 4.99 Å². The minimum Gasteiger partial charge on any atom is -0.357 e. The van der Waals surface area contributed by atoms with E-state index >= 15 is 0 Å². The first kappa shape index (κ1) is 11.0. The summed E-state index contributed by atoms with van der Waals surface area (Å²) >= 11 is 0. The predicted molar refractivity (Wildman–Crippen MR) is 66.0 cm³/mol. The molecule has 0 radical (unpaired) electrons. The van der Waals surface area contributed by atoms with Crippen LogP contribution in [0.15, 0.2) is 11.2 Å². The van der Waals surface area contributed by atoms with Crippen molar-refractivity contribution in [1.82, 2.24) is 9.97 Å².